The largest absolute Gasteiger partial charge is 0.535 e. The number of amides is 1. The zero-order valence-corrected chi connectivity index (χ0v) is 16.2. The van der Waals surface area contributed by atoms with Gasteiger partial charge in [-0.25, -0.2) is 9.78 Å². The second-order valence-electron chi connectivity index (χ2n) is 8.28. The molecule has 3 aliphatic rings. The van der Waals surface area contributed by atoms with Crippen molar-refractivity contribution < 1.29 is 29.1 Å². The maximum absolute atomic E-state index is 12.7. The van der Waals surface area contributed by atoms with Crippen molar-refractivity contribution in [1.82, 2.24) is 14.9 Å². The summed E-state index contributed by atoms with van der Waals surface area (Å²) < 4.78 is 11.4. The smallest absolute Gasteiger partial charge is 0.526 e. The molecule has 5 rings (SSSR count). The summed E-state index contributed by atoms with van der Waals surface area (Å²) >= 11 is 0. The third kappa shape index (κ3) is 2.84. The molecule has 0 bridgehead atoms. The van der Waals surface area contributed by atoms with E-state index >= 15 is 0 Å². The normalized spacial score (nSPS) is 24.1. The molecule has 3 heterocycles. The van der Waals surface area contributed by atoms with Gasteiger partial charge in [-0.05, 0) is 30.9 Å². The number of nitrogens with two attached hydrogens (primary N) is 1. The minimum absolute atomic E-state index is 0.0252. The van der Waals surface area contributed by atoms with Gasteiger partial charge in [0.2, 0.25) is 5.91 Å². The summed E-state index contributed by atoms with van der Waals surface area (Å²) in [7, 11) is -1.00. The quantitative estimate of drug-likeness (QED) is 0.512. The van der Waals surface area contributed by atoms with Crippen LogP contribution in [0.2, 0.25) is 5.82 Å². The number of nitrogens with zero attached hydrogens (tertiary/aromatic N) is 2. The van der Waals surface area contributed by atoms with E-state index in [1.54, 1.807) is 30.2 Å². The highest BCUT2D eigenvalue weighted by atomic mass is 16.5. The maximum Gasteiger partial charge on any atom is 0.526 e. The number of carboxylic acid groups (broad SMARTS) is 1. The van der Waals surface area contributed by atoms with Crippen molar-refractivity contribution in [2.75, 3.05) is 13.1 Å². The molecular formula is C19H21BN4O6. The number of carboxylic acids is 1. The van der Waals surface area contributed by atoms with E-state index in [1.165, 1.54) is 6.33 Å². The van der Waals surface area contributed by atoms with E-state index in [9.17, 15) is 19.7 Å². The Hall–Kier alpha value is -3.05. The van der Waals surface area contributed by atoms with E-state index in [4.69, 9.17) is 15.1 Å². The molecule has 2 fully saturated rings. The van der Waals surface area contributed by atoms with Gasteiger partial charge in [0.05, 0.1) is 25.1 Å². The van der Waals surface area contributed by atoms with Crippen LogP contribution in [0.3, 0.4) is 0 Å². The first-order chi connectivity index (χ1) is 14.3. The molecule has 2 aromatic rings. The minimum Gasteiger partial charge on any atom is -0.535 e. The van der Waals surface area contributed by atoms with E-state index in [2.05, 4.69) is 9.97 Å². The fourth-order valence-corrected chi connectivity index (χ4v) is 4.24. The lowest BCUT2D eigenvalue weighted by molar-refractivity contribution is -0.145. The molecule has 2 aliphatic heterocycles. The summed E-state index contributed by atoms with van der Waals surface area (Å²) in [6, 6.07) is 3.42. The van der Waals surface area contributed by atoms with Gasteiger partial charge in [-0.3, -0.25) is 4.79 Å². The number of nitrogens with one attached hydrogen (secondary N) is 1. The number of carbonyl (C=O) groups is 2. The number of aromatic carboxylic acids is 1. The monoisotopic (exact) mass is 412 g/mol. The number of imidazole rings is 1. The van der Waals surface area contributed by atoms with E-state index in [0.29, 0.717) is 5.69 Å². The Morgan fingerprint density at radius 2 is 2.20 bits per heavy atom. The van der Waals surface area contributed by atoms with Crippen LogP contribution < -0.4 is 15.1 Å². The Balaban J connectivity index is 1.31. The number of benzene rings is 1. The molecule has 30 heavy (non-hydrogen) atoms. The highest BCUT2D eigenvalue weighted by molar-refractivity contribution is 6.48. The molecule has 1 aromatic heterocycles. The fourth-order valence-electron chi connectivity index (χ4n) is 4.24. The second kappa shape index (κ2) is 6.48. The predicted molar refractivity (Wildman–Crippen MR) is 104 cm³/mol. The number of likely N-dealkylation sites (tertiary alicyclic amines) is 1. The summed E-state index contributed by atoms with van der Waals surface area (Å²) in [5, 5.41) is 19.8. The Bertz CT molecular complexity index is 1020. The van der Waals surface area contributed by atoms with Gasteiger partial charge in [0.25, 0.3) is 0 Å². The highest BCUT2D eigenvalue weighted by Crippen LogP contribution is 2.60. The van der Waals surface area contributed by atoms with E-state index in [0.717, 1.165) is 12.0 Å². The lowest BCUT2D eigenvalue weighted by atomic mass is 9.77. The van der Waals surface area contributed by atoms with Gasteiger partial charge < -0.3 is 35.1 Å². The van der Waals surface area contributed by atoms with Gasteiger partial charge >= 0.3 is 13.1 Å². The number of H-pyrrole nitrogens is 1. The van der Waals surface area contributed by atoms with Crippen LogP contribution in [0.1, 0.15) is 40.9 Å². The molecule has 1 amide bonds. The molecule has 10 nitrogen and oxygen atoms in total. The Morgan fingerprint density at radius 3 is 2.87 bits per heavy atom. The third-order valence-electron chi connectivity index (χ3n) is 6.11. The second-order valence-corrected chi connectivity index (χ2v) is 8.28. The van der Waals surface area contributed by atoms with Crippen LogP contribution in [0.4, 0.5) is 0 Å². The van der Waals surface area contributed by atoms with Crippen LogP contribution in [-0.4, -0.2) is 63.2 Å². The van der Waals surface area contributed by atoms with E-state index in [-0.39, 0.29) is 53.9 Å². The number of ether oxygens (including phenoxy) is 1. The lowest BCUT2D eigenvalue weighted by Crippen LogP contribution is -2.62. The summed E-state index contributed by atoms with van der Waals surface area (Å²) in [5.74, 6) is -0.994. The van der Waals surface area contributed by atoms with Crippen molar-refractivity contribution in [3.63, 3.8) is 0 Å². The van der Waals surface area contributed by atoms with E-state index < -0.39 is 18.6 Å². The van der Waals surface area contributed by atoms with Crippen LogP contribution in [-0.2, 0) is 10.3 Å². The van der Waals surface area contributed by atoms with Crippen molar-refractivity contribution in [2.24, 2.45) is 5.73 Å². The van der Waals surface area contributed by atoms with Crippen molar-refractivity contribution in [2.45, 2.75) is 36.7 Å². The molecule has 1 saturated carbocycles. The number of aromatic nitrogens is 2. The van der Waals surface area contributed by atoms with Crippen LogP contribution in [0.25, 0.3) is 0 Å². The van der Waals surface area contributed by atoms with Crippen LogP contribution in [0.15, 0.2) is 24.7 Å². The van der Waals surface area contributed by atoms with Gasteiger partial charge in [-0.1, -0.05) is 6.07 Å². The predicted octanol–water partition coefficient (Wildman–Crippen LogP) is 0.302. The van der Waals surface area contributed by atoms with Crippen molar-refractivity contribution in [3.8, 4) is 11.5 Å². The number of rotatable bonds is 5. The number of hydrogen-bond acceptors (Lipinski definition) is 7. The van der Waals surface area contributed by atoms with Gasteiger partial charge in [-0.15, -0.1) is 0 Å². The first-order valence-corrected chi connectivity index (χ1v) is 9.76. The topological polar surface area (TPSA) is 151 Å². The van der Waals surface area contributed by atoms with Crippen molar-refractivity contribution in [1.29, 1.82) is 0 Å². The first kappa shape index (κ1) is 19.0. The SMILES string of the molecule is C[C@@](N)(C(=O)N1CC(Oc2ccc3c(c2C(=O)O)OB(O)[C@H]2C[C@@H]32)C1)c1c[nH]cn1. The summed E-state index contributed by atoms with van der Waals surface area (Å²) in [4.78, 5) is 33.0. The maximum atomic E-state index is 12.7. The van der Waals surface area contributed by atoms with Crippen molar-refractivity contribution >= 4 is 19.0 Å². The zero-order chi connectivity index (χ0) is 21.2. The minimum atomic E-state index is -1.27. The van der Waals surface area contributed by atoms with Crippen LogP contribution in [0.5, 0.6) is 11.5 Å². The Morgan fingerprint density at radius 1 is 1.43 bits per heavy atom. The average molecular weight is 412 g/mol. The standard InChI is InChI=1S/C19H21BN4O6/c1-19(21,14-5-22-8-23-14)18(27)24-6-9(7-24)29-13-3-2-10-11-4-12(11)20(28)30-16(10)15(13)17(25)26/h2-3,5,8-9,11-12,28H,4,6-7,21H2,1H3,(H,22,23)(H,25,26)/t11-,12-,19-/m0/s1. The first-order valence-electron chi connectivity index (χ1n) is 9.76. The molecule has 0 radical (unpaired) electrons. The Labute approximate surface area is 172 Å². The molecule has 11 heteroatoms. The molecule has 1 aliphatic carbocycles. The third-order valence-corrected chi connectivity index (χ3v) is 6.11. The molecular weight excluding hydrogens is 391 g/mol. The molecule has 0 unspecified atom stereocenters. The van der Waals surface area contributed by atoms with Crippen molar-refractivity contribution in [3.05, 3.63) is 41.5 Å². The highest BCUT2D eigenvalue weighted by Gasteiger charge is 2.54. The number of fused-ring (bicyclic) bond motifs is 3. The molecule has 1 aromatic carbocycles. The number of aromatic amines is 1. The summed E-state index contributed by atoms with van der Waals surface area (Å²) in [6.45, 7) is 2.15. The summed E-state index contributed by atoms with van der Waals surface area (Å²) in [5.41, 5.74) is 6.04. The lowest BCUT2D eigenvalue weighted by Gasteiger charge is -2.42. The molecule has 1 saturated heterocycles. The van der Waals surface area contributed by atoms with Gasteiger partial charge in [-0.2, -0.15) is 0 Å². The van der Waals surface area contributed by atoms with E-state index in [1.807, 2.05) is 0 Å². The fraction of sp³-hybridized carbons (Fsp3) is 0.421. The average Bonchev–Trinajstić information content (AvgIpc) is 3.28. The van der Waals surface area contributed by atoms with Crippen LogP contribution >= 0.6 is 0 Å². The molecule has 156 valence electrons. The number of hydrogen-bond donors (Lipinski definition) is 4. The van der Waals surface area contributed by atoms with Crippen LogP contribution in [0, 0.1) is 0 Å². The van der Waals surface area contributed by atoms with Gasteiger partial charge in [0, 0.05) is 12.0 Å². The molecule has 3 atom stereocenters. The van der Waals surface area contributed by atoms with Gasteiger partial charge in [0.1, 0.15) is 28.7 Å². The van der Waals surface area contributed by atoms with Gasteiger partial charge in [0.15, 0.2) is 0 Å². The number of carbonyl (C=O) groups excluding carboxylic acids is 1. The Kier molecular flexibility index (Phi) is 4.09. The summed E-state index contributed by atoms with van der Waals surface area (Å²) in [6.07, 6.45) is 3.45. The zero-order valence-electron chi connectivity index (χ0n) is 16.2. The molecule has 0 spiro atoms. The molecule has 5 N–H and O–H groups in total.